The van der Waals surface area contributed by atoms with Crippen LogP contribution in [0.15, 0.2) is 47.4 Å². The Balaban J connectivity index is 1.76. The van der Waals surface area contributed by atoms with E-state index in [0.717, 1.165) is 17.7 Å². The molecule has 0 unspecified atom stereocenters. The predicted octanol–water partition coefficient (Wildman–Crippen LogP) is 1.60. The summed E-state index contributed by atoms with van der Waals surface area (Å²) in [4.78, 5) is 35.8. The van der Waals surface area contributed by atoms with Crippen LogP contribution in [0.1, 0.15) is 29.3 Å². The second kappa shape index (κ2) is 8.54. The summed E-state index contributed by atoms with van der Waals surface area (Å²) in [6.07, 6.45) is 1.44. The van der Waals surface area contributed by atoms with Gasteiger partial charge in [0.15, 0.2) is 0 Å². The molecule has 0 fully saturated rings. The van der Waals surface area contributed by atoms with Crippen LogP contribution in [-0.2, 0) is 26.0 Å². The van der Waals surface area contributed by atoms with Crippen LogP contribution in [0.5, 0.6) is 0 Å². The van der Waals surface area contributed by atoms with Crippen molar-refractivity contribution in [1.82, 2.24) is 5.32 Å². The van der Waals surface area contributed by atoms with Crippen molar-refractivity contribution in [3.05, 3.63) is 53.6 Å². The monoisotopic (exact) mass is 431 g/mol. The minimum Gasteiger partial charge on any atom is -0.480 e. The van der Waals surface area contributed by atoms with Gasteiger partial charge in [-0.2, -0.15) is 0 Å². The molecule has 1 aliphatic rings. The van der Waals surface area contributed by atoms with Crippen molar-refractivity contribution in [3.63, 3.8) is 0 Å². The van der Waals surface area contributed by atoms with Gasteiger partial charge in [0.05, 0.1) is 4.90 Å². The highest BCUT2D eigenvalue weighted by Gasteiger charge is 2.23. The Kier molecular flexibility index (Phi) is 6.06. The number of hydrogen-bond donors (Lipinski definition) is 3. The number of rotatable bonds is 6. The summed E-state index contributed by atoms with van der Waals surface area (Å²) in [5, 5.41) is 10.8. The molecule has 3 N–H and O–H groups in total. The molecule has 3 rings (SSSR count). The van der Waals surface area contributed by atoms with E-state index >= 15 is 0 Å². The van der Waals surface area contributed by atoms with Gasteiger partial charge in [-0.15, -0.1) is 0 Å². The molecular formula is C20H21N3O6S. The molecule has 0 aromatic heterocycles. The number of hydrogen-bond acceptors (Lipinski definition) is 5. The minimum absolute atomic E-state index is 0.0786. The Hall–Kier alpha value is -3.40. The van der Waals surface area contributed by atoms with E-state index in [0.29, 0.717) is 13.0 Å². The molecule has 30 heavy (non-hydrogen) atoms. The molecule has 0 aliphatic carbocycles. The Bertz CT molecular complexity index is 1100. The zero-order valence-corrected chi connectivity index (χ0v) is 17.0. The van der Waals surface area contributed by atoms with Crippen LogP contribution in [0.3, 0.4) is 0 Å². The van der Waals surface area contributed by atoms with Crippen LogP contribution in [0, 0.1) is 0 Å². The van der Waals surface area contributed by atoms with E-state index in [-0.39, 0.29) is 22.1 Å². The molecule has 0 atom stereocenters. The second-order valence-corrected chi connectivity index (χ2v) is 8.51. The number of carbonyl (C=O) groups excluding carboxylic acids is 2. The van der Waals surface area contributed by atoms with E-state index in [4.69, 9.17) is 5.11 Å². The number of benzene rings is 2. The van der Waals surface area contributed by atoms with Crippen molar-refractivity contribution in [2.45, 2.75) is 24.7 Å². The number of amides is 2. The van der Waals surface area contributed by atoms with E-state index in [2.05, 4.69) is 10.0 Å². The van der Waals surface area contributed by atoms with Gasteiger partial charge in [0, 0.05) is 30.4 Å². The summed E-state index contributed by atoms with van der Waals surface area (Å²) in [6.45, 7) is 1.58. The lowest BCUT2D eigenvalue weighted by Crippen LogP contribution is -2.33. The second-order valence-electron chi connectivity index (χ2n) is 6.82. The van der Waals surface area contributed by atoms with Crippen LogP contribution in [0.4, 0.5) is 11.4 Å². The lowest BCUT2D eigenvalue weighted by atomic mass is 10.0. The number of aryl methyl sites for hydroxylation is 1. The number of fused-ring (bicyclic) bond motifs is 1. The number of sulfonamides is 1. The summed E-state index contributed by atoms with van der Waals surface area (Å²) in [7, 11) is -3.87. The van der Waals surface area contributed by atoms with Crippen LogP contribution in [0.2, 0.25) is 0 Å². The lowest BCUT2D eigenvalue weighted by Gasteiger charge is -2.28. The number of carbonyl (C=O) groups is 3. The third-order valence-electron chi connectivity index (χ3n) is 4.66. The summed E-state index contributed by atoms with van der Waals surface area (Å²) in [6, 6.07) is 10.3. The molecule has 1 aliphatic heterocycles. The molecule has 0 saturated carbocycles. The highest BCUT2D eigenvalue weighted by atomic mass is 32.2. The lowest BCUT2D eigenvalue weighted by molar-refractivity contribution is -0.135. The fraction of sp³-hybridized carbons (Fsp3) is 0.250. The SMILES string of the molecule is CC(=O)N1CCCc2cc(S(=O)(=O)Nc3ccc(C(=O)NCC(=O)O)cc3)ccc21. The van der Waals surface area contributed by atoms with E-state index in [1.165, 1.54) is 37.3 Å². The summed E-state index contributed by atoms with van der Waals surface area (Å²) in [5.74, 6) is -1.82. The molecule has 1 heterocycles. The molecule has 2 aromatic rings. The third-order valence-corrected chi connectivity index (χ3v) is 6.04. The number of anilines is 2. The van der Waals surface area contributed by atoms with Gasteiger partial charge in [-0.25, -0.2) is 8.42 Å². The summed E-state index contributed by atoms with van der Waals surface area (Å²) in [5.41, 5.74) is 1.99. The van der Waals surface area contributed by atoms with E-state index < -0.39 is 28.4 Å². The fourth-order valence-corrected chi connectivity index (χ4v) is 4.34. The standard InChI is InChI=1S/C20H21N3O6S/c1-13(24)23-10-2-3-15-11-17(8-9-18(15)23)30(28,29)22-16-6-4-14(5-7-16)20(27)21-12-19(25)26/h4-9,11,22H,2-3,10,12H2,1H3,(H,21,27)(H,25,26). The predicted molar refractivity (Wildman–Crippen MR) is 110 cm³/mol. The maximum Gasteiger partial charge on any atom is 0.322 e. The third kappa shape index (κ3) is 4.77. The average Bonchev–Trinajstić information content (AvgIpc) is 2.71. The van der Waals surface area contributed by atoms with Gasteiger partial charge in [-0.05, 0) is 60.9 Å². The van der Waals surface area contributed by atoms with Crippen LogP contribution in [-0.4, -0.2) is 44.4 Å². The molecule has 0 spiro atoms. The Morgan fingerprint density at radius 3 is 2.43 bits per heavy atom. The fourth-order valence-electron chi connectivity index (χ4n) is 3.23. The van der Waals surface area contributed by atoms with Gasteiger partial charge in [0.1, 0.15) is 6.54 Å². The number of nitrogens with one attached hydrogen (secondary N) is 2. The molecule has 0 radical (unpaired) electrons. The summed E-state index contributed by atoms with van der Waals surface area (Å²) < 4.78 is 28.0. The van der Waals surface area contributed by atoms with Crippen LogP contribution < -0.4 is 14.9 Å². The number of carboxylic acid groups (broad SMARTS) is 1. The maximum atomic E-state index is 12.8. The zero-order valence-electron chi connectivity index (χ0n) is 16.2. The van der Waals surface area contributed by atoms with Crippen molar-refractivity contribution < 1.29 is 27.9 Å². The van der Waals surface area contributed by atoms with Crippen molar-refractivity contribution in [1.29, 1.82) is 0 Å². The number of carboxylic acids is 1. The van der Waals surface area contributed by atoms with Gasteiger partial charge in [0.25, 0.3) is 15.9 Å². The Morgan fingerprint density at radius 2 is 1.80 bits per heavy atom. The smallest absolute Gasteiger partial charge is 0.322 e. The van der Waals surface area contributed by atoms with Crippen molar-refractivity contribution in [2.24, 2.45) is 0 Å². The Morgan fingerprint density at radius 1 is 1.10 bits per heavy atom. The Labute approximate surface area is 173 Å². The zero-order chi connectivity index (χ0) is 21.9. The first-order chi connectivity index (χ1) is 14.2. The molecular weight excluding hydrogens is 410 g/mol. The highest BCUT2D eigenvalue weighted by Crippen LogP contribution is 2.30. The molecule has 2 aromatic carbocycles. The van der Waals surface area contributed by atoms with E-state index in [1.54, 1.807) is 17.0 Å². The number of nitrogens with zero attached hydrogens (tertiary/aromatic N) is 1. The maximum absolute atomic E-state index is 12.8. The minimum atomic E-state index is -3.87. The first-order valence-electron chi connectivity index (χ1n) is 9.21. The first kappa shape index (κ1) is 21.3. The molecule has 10 heteroatoms. The quantitative estimate of drug-likeness (QED) is 0.636. The largest absolute Gasteiger partial charge is 0.480 e. The van der Waals surface area contributed by atoms with Crippen LogP contribution >= 0.6 is 0 Å². The molecule has 0 saturated heterocycles. The van der Waals surface area contributed by atoms with Crippen LogP contribution in [0.25, 0.3) is 0 Å². The average molecular weight is 431 g/mol. The van der Waals surface area contributed by atoms with Crippen molar-refractivity contribution in [3.8, 4) is 0 Å². The van der Waals surface area contributed by atoms with Gasteiger partial charge < -0.3 is 15.3 Å². The normalized spacial score (nSPS) is 13.3. The van der Waals surface area contributed by atoms with Gasteiger partial charge >= 0.3 is 5.97 Å². The summed E-state index contributed by atoms with van der Waals surface area (Å²) >= 11 is 0. The molecule has 0 bridgehead atoms. The molecule has 158 valence electrons. The number of aliphatic carboxylic acids is 1. The highest BCUT2D eigenvalue weighted by molar-refractivity contribution is 7.92. The first-order valence-corrected chi connectivity index (χ1v) is 10.7. The van der Waals surface area contributed by atoms with E-state index in [1.807, 2.05) is 0 Å². The van der Waals surface area contributed by atoms with Gasteiger partial charge in [-0.1, -0.05) is 0 Å². The van der Waals surface area contributed by atoms with Gasteiger partial charge in [0.2, 0.25) is 5.91 Å². The molecule has 2 amide bonds. The van der Waals surface area contributed by atoms with Gasteiger partial charge in [-0.3, -0.25) is 19.1 Å². The van der Waals surface area contributed by atoms with E-state index in [9.17, 15) is 22.8 Å². The van der Waals surface area contributed by atoms with Crippen molar-refractivity contribution >= 4 is 39.2 Å². The topological polar surface area (TPSA) is 133 Å². The van der Waals surface area contributed by atoms with Crippen molar-refractivity contribution in [2.75, 3.05) is 22.7 Å². The molecule has 9 nitrogen and oxygen atoms in total.